The van der Waals surface area contributed by atoms with E-state index in [1.165, 1.54) is 32.1 Å². The molecule has 4 rings (SSSR count). The number of carbonyl (C=O) groups is 1. The van der Waals surface area contributed by atoms with Crippen molar-refractivity contribution in [3.8, 4) is 0 Å². The first-order chi connectivity index (χ1) is 8.36. The van der Waals surface area contributed by atoms with Crippen LogP contribution in [0, 0.1) is 23.7 Å². The van der Waals surface area contributed by atoms with E-state index in [0.29, 0.717) is 17.9 Å². The lowest BCUT2D eigenvalue weighted by Crippen LogP contribution is -2.40. The van der Waals surface area contributed by atoms with E-state index in [9.17, 15) is 4.79 Å². The van der Waals surface area contributed by atoms with Crippen LogP contribution in [0.2, 0.25) is 0 Å². The van der Waals surface area contributed by atoms with Crippen LogP contribution in [0.4, 0.5) is 0 Å². The van der Waals surface area contributed by atoms with Gasteiger partial charge in [0, 0.05) is 31.6 Å². The van der Waals surface area contributed by atoms with E-state index in [1.54, 1.807) is 0 Å². The average molecular weight is 234 g/mol. The molecule has 3 heteroatoms. The van der Waals surface area contributed by atoms with Crippen molar-refractivity contribution in [1.82, 2.24) is 10.2 Å². The molecule has 17 heavy (non-hydrogen) atoms. The number of nitrogens with zero attached hydrogens (tertiary/aromatic N) is 1. The van der Waals surface area contributed by atoms with E-state index >= 15 is 0 Å². The zero-order valence-electron chi connectivity index (χ0n) is 10.4. The van der Waals surface area contributed by atoms with Crippen LogP contribution in [0.1, 0.15) is 32.1 Å². The van der Waals surface area contributed by atoms with Crippen LogP contribution in [0.3, 0.4) is 0 Å². The number of likely N-dealkylation sites (tertiary alicyclic amines) is 1. The summed E-state index contributed by atoms with van der Waals surface area (Å²) >= 11 is 0. The lowest BCUT2D eigenvalue weighted by molar-refractivity contribution is -0.134. The fraction of sp³-hybridized carbons (Fsp3) is 0.929. The third-order valence-electron chi connectivity index (χ3n) is 5.67. The van der Waals surface area contributed by atoms with Gasteiger partial charge in [-0.1, -0.05) is 12.8 Å². The van der Waals surface area contributed by atoms with E-state index < -0.39 is 0 Å². The van der Waals surface area contributed by atoms with Gasteiger partial charge in [-0.2, -0.15) is 0 Å². The summed E-state index contributed by atoms with van der Waals surface area (Å²) in [6, 6.07) is 0.533. The first-order valence-corrected chi connectivity index (χ1v) is 7.37. The Labute approximate surface area is 103 Å². The van der Waals surface area contributed by atoms with Crippen LogP contribution < -0.4 is 5.32 Å². The summed E-state index contributed by atoms with van der Waals surface area (Å²) in [4.78, 5) is 14.8. The van der Waals surface area contributed by atoms with Gasteiger partial charge in [0.1, 0.15) is 0 Å². The molecule has 2 heterocycles. The van der Waals surface area contributed by atoms with Gasteiger partial charge >= 0.3 is 0 Å². The number of hydrogen-bond donors (Lipinski definition) is 1. The Balaban J connectivity index is 1.47. The zero-order chi connectivity index (χ0) is 11.4. The monoisotopic (exact) mass is 234 g/mol. The number of fused-ring (bicyclic) bond motifs is 2. The quantitative estimate of drug-likeness (QED) is 0.740. The van der Waals surface area contributed by atoms with Gasteiger partial charge in [-0.05, 0) is 37.0 Å². The Bertz CT molecular complexity index is 331. The molecule has 0 spiro atoms. The van der Waals surface area contributed by atoms with E-state index in [4.69, 9.17) is 0 Å². The maximum absolute atomic E-state index is 12.6. The van der Waals surface area contributed by atoms with Crippen LogP contribution in [-0.2, 0) is 4.79 Å². The number of carbonyl (C=O) groups excluding carboxylic acids is 1. The third-order valence-corrected chi connectivity index (χ3v) is 5.67. The highest BCUT2D eigenvalue weighted by atomic mass is 16.2. The minimum Gasteiger partial charge on any atom is -0.338 e. The second-order valence-corrected chi connectivity index (χ2v) is 6.44. The maximum atomic E-state index is 12.6. The Kier molecular flexibility index (Phi) is 2.26. The third kappa shape index (κ3) is 1.48. The molecule has 4 aliphatic rings. The molecule has 2 saturated heterocycles. The Hall–Kier alpha value is -0.570. The van der Waals surface area contributed by atoms with Crippen LogP contribution in [-0.4, -0.2) is 36.5 Å². The van der Waals surface area contributed by atoms with Gasteiger partial charge in [0.15, 0.2) is 0 Å². The van der Waals surface area contributed by atoms with Crippen molar-refractivity contribution in [2.45, 2.75) is 38.1 Å². The average Bonchev–Trinajstić information content (AvgIpc) is 2.68. The highest BCUT2D eigenvalue weighted by molar-refractivity contribution is 5.83. The predicted octanol–water partition coefficient (Wildman–Crippen LogP) is 1.24. The molecule has 1 N–H and O–H groups in total. The molecular formula is C14H22N2O. The van der Waals surface area contributed by atoms with E-state index in [0.717, 1.165) is 37.4 Å². The molecule has 2 aliphatic heterocycles. The molecule has 0 aromatic heterocycles. The molecule has 2 unspecified atom stereocenters. The Morgan fingerprint density at radius 2 is 1.82 bits per heavy atom. The van der Waals surface area contributed by atoms with E-state index in [1.807, 2.05) is 0 Å². The fourth-order valence-electron chi connectivity index (χ4n) is 4.67. The lowest BCUT2D eigenvalue weighted by atomic mass is 10.0. The highest BCUT2D eigenvalue weighted by Gasteiger charge is 2.57. The molecule has 0 bridgehead atoms. The number of amides is 1. The summed E-state index contributed by atoms with van der Waals surface area (Å²) in [5.74, 6) is 3.23. The van der Waals surface area contributed by atoms with Crippen molar-refractivity contribution in [2.75, 3.05) is 19.6 Å². The van der Waals surface area contributed by atoms with Gasteiger partial charge in [0.2, 0.25) is 5.91 Å². The molecule has 4 atom stereocenters. The molecule has 0 aromatic rings. The van der Waals surface area contributed by atoms with Gasteiger partial charge in [0.25, 0.3) is 0 Å². The Morgan fingerprint density at radius 3 is 2.59 bits per heavy atom. The smallest absolute Gasteiger partial charge is 0.226 e. The normalized spacial score (nSPS) is 47.8. The van der Waals surface area contributed by atoms with Crippen molar-refractivity contribution in [3.05, 3.63) is 0 Å². The molecule has 2 aliphatic carbocycles. The molecule has 2 saturated carbocycles. The summed E-state index contributed by atoms with van der Waals surface area (Å²) < 4.78 is 0. The van der Waals surface area contributed by atoms with E-state index in [-0.39, 0.29) is 0 Å². The lowest BCUT2D eigenvalue weighted by Gasteiger charge is -2.23. The summed E-state index contributed by atoms with van der Waals surface area (Å²) in [5, 5.41) is 3.44. The minimum atomic E-state index is 0.428. The van der Waals surface area contributed by atoms with Crippen molar-refractivity contribution >= 4 is 5.91 Å². The summed E-state index contributed by atoms with van der Waals surface area (Å²) in [6.45, 7) is 3.20. The largest absolute Gasteiger partial charge is 0.338 e. The van der Waals surface area contributed by atoms with Gasteiger partial charge in [-0.15, -0.1) is 0 Å². The second kappa shape index (κ2) is 3.71. The van der Waals surface area contributed by atoms with Crippen LogP contribution in [0.25, 0.3) is 0 Å². The summed E-state index contributed by atoms with van der Waals surface area (Å²) in [5.41, 5.74) is 0. The van der Waals surface area contributed by atoms with Gasteiger partial charge in [-0.25, -0.2) is 0 Å². The molecule has 0 aromatic carbocycles. The summed E-state index contributed by atoms with van der Waals surface area (Å²) in [6.07, 6.45) is 6.59. The van der Waals surface area contributed by atoms with Crippen molar-refractivity contribution in [2.24, 2.45) is 23.7 Å². The van der Waals surface area contributed by atoms with Crippen LogP contribution >= 0.6 is 0 Å². The molecule has 0 radical (unpaired) electrons. The topological polar surface area (TPSA) is 32.3 Å². The number of nitrogens with one attached hydrogen (secondary N) is 1. The van der Waals surface area contributed by atoms with Gasteiger partial charge in [0.05, 0.1) is 0 Å². The fourth-order valence-corrected chi connectivity index (χ4v) is 4.67. The second-order valence-electron chi connectivity index (χ2n) is 6.44. The van der Waals surface area contributed by atoms with Crippen molar-refractivity contribution < 1.29 is 4.79 Å². The Morgan fingerprint density at radius 1 is 1.06 bits per heavy atom. The standard InChI is InChI=1S/C14H22N2O/c17-14(13-10-3-1-2-4-11(10)13)16-6-5-9-7-15-8-12(9)16/h9-13,15H,1-8H2/t9-,10?,11?,12+,13?/m0/s1. The highest BCUT2D eigenvalue weighted by Crippen LogP contribution is 2.56. The first kappa shape index (κ1) is 10.4. The van der Waals surface area contributed by atoms with Crippen LogP contribution in [0.5, 0.6) is 0 Å². The maximum Gasteiger partial charge on any atom is 0.226 e. The number of hydrogen-bond acceptors (Lipinski definition) is 2. The van der Waals surface area contributed by atoms with Crippen molar-refractivity contribution in [3.63, 3.8) is 0 Å². The van der Waals surface area contributed by atoms with E-state index in [2.05, 4.69) is 10.2 Å². The van der Waals surface area contributed by atoms with Gasteiger partial charge in [-0.3, -0.25) is 4.79 Å². The SMILES string of the molecule is O=C(C1C2CCCCC21)N1CC[C@H]2CNC[C@H]21. The molecule has 1 amide bonds. The molecule has 3 nitrogen and oxygen atoms in total. The van der Waals surface area contributed by atoms with Crippen molar-refractivity contribution in [1.29, 1.82) is 0 Å². The van der Waals surface area contributed by atoms with Gasteiger partial charge < -0.3 is 10.2 Å². The number of rotatable bonds is 1. The van der Waals surface area contributed by atoms with Crippen LogP contribution in [0.15, 0.2) is 0 Å². The molecule has 94 valence electrons. The first-order valence-electron chi connectivity index (χ1n) is 7.37. The molecular weight excluding hydrogens is 212 g/mol. The summed E-state index contributed by atoms with van der Waals surface area (Å²) in [7, 11) is 0. The predicted molar refractivity (Wildman–Crippen MR) is 65.4 cm³/mol. The zero-order valence-corrected chi connectivity index (χ0v) is 10.4. The minimum absolute atomic E-state index is 0.428. The molecule has 4 fully saturated rings.